The summed E-state index contributed by atoms with van der Waals surface area (Å²) in [4.78, 5) is 27.9. The summed E-state index contributed by atoms with van der Waals surface area (Å²) < 4.78 is 6.78. The number of carbonyl (C=O) groups excluding carboxylic acids is 1. The van der Waals surface area contributed by atoms with Gasteiger partial charge in [0.05, 0.1) is 5.69 Å². The summed E-state index contributed by atoms with van der Waals surface area (Å²) in [5, 5.41) is 13.7. The van der Waals surface area contributed by atoms with Crippen molar-refractivity contribution in [2.75, 3.05) is 0 Å². The number of hydrogen-bond donors (Lipinski definition) is 2. The number of nitrogens with zero attached hydrogens (tertiary/aromatic N) is 2. The zero-order valence-corrected chi connectivity index (χ0v) is 13.9. The second kappa shape index (κ2) is 6.13. The molecule has 120 valence electrons. The van der Waals surface area contributed by atoms with Gasteiger partial charge >= 0.3 is 12.1 Å². The molecule has 0 spiro atoms. The van der Waals surface area contributed by atoms with Crippen molar-refractivity contribution < 1.29 is 19.4 Å². The number of hydrogen-bond acceptors (Lipinski definition) is 5. The average Bonchev–Trinajstić information content (AvgIpc) is 2.88. The van der Waals surface area contributed by atoms with Crippen LogP contribution in [0.25, 0.3) is 4.96 Å². The van der Waals surface area contributed by atoms with E-state index in [9.17, 15) is 14.7 Å². The Labute approximate surface area is 135 Å². The summed E-state index contributed by atoms with van der Waals surface area (Å²) in [6.07, 6.45) is 0.966. The Bertz CT molecular complexity index is 704. The number of fused-ring (bicyclic) bond motifs is 1. The lowest BCUT2D eigenvalue weighted by atomic mass is 10.1. The maximum absolute atomic E-state index is 11.8. The normalized spacial score (nSPS) is 13.1. The molecule has 2 aromatic rings. The molecular formula is C13H16ClN3O4S. The zero-order valence-electron chi connectivity index (χ0n) is 12.3. The van der Waals surface area contributed by atoms with Crippen molar-refractivity contribution in [2.24, 2.45) is 0 Å². The molecule has 0 aliphatic rings. The molecule has 22 heavy (non-hydrogen) atoms. The Morgan fingerprint density at radius 2 is 2.23 bits per heavy atom. The number of aliphatic carboxylic acids is 1. The molecule has 0 bridgehead atoms. The minimum atomic E-state index is -1.17. The number of rotatable bonds is 4. The molecule has 0 radical (unpaired) electrons. The number of nitrogens with one attached hydrogen (secondary N) is 1. The second-order valence-corrected chi connectivity index (χ2v) is 6.88. The standard InChI is InChI=1S/C13H16ClN3O4S/c1-13(2,3)21-12(20)15-7(10(18)19)6-8-9(14)16-11-17(8)4-5-22-11/h4-5,7H,6H2,1-3H3,(H,15,20)(H,18,19). The highest BCUT2D eigenvalue weighted by atomic mass is 35.5. The fourth-order valence-corrected chi connectivity index (χ4v) is 2.86. The Balaban J connectivity index is 2.15. The highest BCUT2D eigenvalue weighted by Crippen LogP contribution is 2.22. The van der Waals surface area contributed by atoms with Crippen molar-refractivity contribution in [3.05, 3.63) is 22.4 Å². The molecule has 0 fully saturated rings. The molecule has 0 aromatic carbocycles. The van der Waals surface area contributed by atoms with Gasteiger partial charge < -0.3 is 15.2 Å². The highest BCUT2D eigenvalue weighted by Gasteiger charge is 2.26. The van der Waals surface area contributed by atoms with E-state index in [1.807, 2.05) is 5.38 Å². The van der Waals surface area contributed by atoms with E-state index in [1.54, 1.807) is 31.4 Å². The Morgan fingerprint density at radius 3 is 2.82 bits per heavy atom. The molecule has 2 aromatic heterocycles. The van der Waals surface area contributed by atoms with Crippen molar-refractivity contribution in [1.29, 1.82) is 0 Å². The summed E-state index contributed by atoms with van der Waals surface area (Å²) in [5.41, 5.74) is -0.177. The number of aromatic nitrogens is 2. The summed E-state index contributed by atoms with van der Waals surface area (Å²) in [7, 11) is 0. The summed E-state index contributed by atoms with van der Waals surface area (Å²) in [6.45, 7) is 5.10. The van der Waals surface area contributed by atoms with Crippen molar-refractivity contribution in [1.82, 2.24) is 14.7 Å². The van der Waals surface area contributed by atoms with E-state index in [0.29, 0.717) is 10.7 Å². The first kappa shape index (κ1) is 16.6. The van der Waals surface area contributed by atoms with E-state index in [1.165, 1.54) is 11.3 Å². The van der Waals surface area contributed by atoms with Crippen molar-refractivity contribution in [2.45, 2.75) is 38.8 Å². The van der Waals surface area contributed by atoms with E-state index in [4.69, 9.17) is 16.3 Å². The highest BCUT2D eigenvalue weighted by molar-refractivity contribution is 7.15. The van der Waals surface area contributed by atoms with Gasteiger partial charge in [0, 0.05) is 18.0 Å². The molecule has 9 heteroatoms. The molecular weight excluding hydrogens is 330 g/mol. The number of amides is 1. The predicted octanol–water partition coefficient (Wildman–Crippen LogP) is 2.57. The van der Waals surface area contributed by atoms with Gasteiger partial charge in [-0.2, -0.15) is 0 Å². The van der Waals surface area contributed by atoms with Crippen molar-refractivity contribution >= 4 is 40.0 Å². The summed E-state index contributed by atoms with van der Waals surface area (Å²) in [5.74, 6) is -1.17. The molecule has 0 saturated heterocycles. The topological polar surface area (TPSA) is 92.9 Å². The fraction of sp³-hybridized carbons (Fsp3) is 0.462. The average molecular weight is 346 g/mol. The van der Waals surface area contributed by atoms with E-state index in [2.05, 4.69) is 10.3 Å². The van der Waals surface area contributed by atoms with Crippen LogP contribution in [-0.4, -0.2) is 38.2 Å². The molecule has 2 N–H and O–H groups in total. The molecule has 1 atom stereocenters. The monoisotopic (exact) mass is 345 g/mol. The fourth-order valence-electron chi connectivity index (χ4n) is 1.83. The van der Waals surface area contributed by atoms with Crippen LogP contribution in [0.2, 0.25) is 5.15 Å². The molecule has 2 rings (SSSR count). The van der Waals surface area contributed by atoms with Crippen LogP contribution in [0.15, 0.2) is 11.6 Å². The van der Waals surface area contributed by atoms with E-state index >= 15 is 0 Å². The SMILES string of the molecule is CC(C)(C)OC(=O)NC(Cc1c(Cl)nc2sccn12)C(=O)O. The van der Waals surface area contributed by atoms with Gasteiger partial charge in [0.1, 0.15) is 11.6 Å². The molecule has 0 aliphatic carbocycles. The van der Waals surface area contributed by atoms with Crippen LogP contribution in [-0.2, 0) is 16.0 Å². The molecule has 2 heterocycles. The second-order valence-electron chi connectivity index (χ2n) is 5.65. The van der Waals surface area contributed by atoms with Gasteiger partial charge in [0.15, 0.2) is 10.1 Å². The zero-order chi connectivity index (χ0) is 16.5. The Morgan fingerprint density at radius 1 is 1.55 bits per heavy atom. The van der Waals surface area contributed by atoms with Crippen molar-refractivity contribution in [3.8, 4) is 0 Å². The maximum atomic E-state index is 11.8. The number of carboxylic acid groups (broad SMARTS) is 1. The van der Waals surface area contributed by atoms with Crippen LogP contribution in [0.1, 0.15) is 26.5 Å². The number of thiazole rings is 1. The first-order chi connectivity index (χ1) is 10.2. The van der Waals surface area contributed by atoms with Crippen LogP contribution < -0.4 is 5.32 Å². The number of carbonyl (C=O) groups is 2. The smallest absolute Gasteiger partial charge is 0.408 e. The van der Waals surface area contributed by atoms with E-state index < -0.39 is 23.7 Å². The minimum Gasteiger partial charge on any atom is -0.480 e. The summed E-state index contributed by atoms with van der Waals surface area (Å²) in [6, 6.07) is -1.16. The molecule has 1 amide bonds. The third-order valence-electron chi connectivity index (χ3n) is 2.70. The number of alkyl carbamates (subject to hydrolysis) is 1. The van der Waals surface area contributed by atoms with Gasteiger partial charge in [0.25, 0.3) is 0 Å². The molecule has 0 saturated carbocycles. The van der Waals surface area contributed by atoms with Gasteiger partial charge in [-0.3, -0.25) is 4.40 Å². The third-order valence-corrected chi connectivity index (χ3v) is 3.76. The molecule has 0 aliphatic heterocycles. The Kier molecular flexibility index (Phi) is 4.62. The molecule has 7 nitrogen and oxygen atoms in total. The maximum Gasteiger partial charge on any atom is 0.408 e. The van der Waals surface area contributed by atoms with Gasteiger partial charge in [-0.25, -0.2) is 14.6 Å². The lowest BCUT2D eigenvalue weighted by Crippen LogP contribution is -2.44. The quantitative estimate of drug-likeness (QED) is 0.888. The van der Waals surface area contributed by atoms with Crippen LogP contribution in [0, 0.1) is 0 Å². The van der Waals surface area contributed by atoms with Gasteiger partial charge in [-0.15, -0.1) is 11.3 Å². The lowest BCUT2D eigenvalue weighted by molar-refractivity contribution is -0.139. The number of ether oxygens (including phenoxy) is 1. The first-order valence-corrected chi connectivity index (χ1v) is 7.75. The van der Waals surface area contributed by atoms with Gasteiger partial charge in [-0.05, 0) is 20.8 Å². The number of halogens is 1. The van der Waals surface area contributed by atoms with E-state index in [-0.39, 0.29) is 11.6 Å². The van der Waals surface area contributed by atoms with E-state index in [0.717, 1.165) is 0 Å². The van der Waals surface area contributed by atoms with Gasteiger partial charge in [-0.1, -0.05) is 11.6 Å². The Hall–Kier alpha value is -1.80. The van der Waals surface area contributed by atoms with Crippen LogP contribution >= 0.6 is 22.9 Å². The number of carboxylic acids is 1. The third kappa shape index (κ3) is 3.89. The van der Waals surface area contributed by atoms with Crippen LogP contribution in [0.5, 0.6) is 0 Å². The predicted molar refractivity (Wildman–Crippen MR) is 82.6 cm³/mol. The summed E-state index contributed by atoms with van der Waals surface area (Å²) >= 11 is 7.43. The van der Waals surface area contributed by atoms with Crippen LogP contribution in [0.4, 0.5) is 4.79 Å². The lowest BCUT2D eigenvalue weighted by Gasteiger charge is -2.21. The van der Waals surface area contributed by atoms with Crippen LogP contribution in [0.3, 0.4) is 0 Å². The minimum absolute atomic E-state index is 0.00527. The molecule has 1 unspecified atom stereocenters. The first-order valence-electron chi connectivity index (χ1n) is 6.49. The largest absolute Gasteiger partial charge is 0.480 e. The van der Waals surface area contributed by atoms with Crippen molar-refractivity contribution in [3.63, 3.8) is 0 Å². The number of imidazole rings is 1. The van der Waals surface area contributed by atoms with Gasteiger partial charge in [0.2, 0.25) is 0 Å².